The molecule has 7 aromatic rings. The molecule has 0 amide bonds. The number of fused-ring (bicyclic) bond motifs is 3. The Labute approximate surface area is 378 Å². The van der Waals surface area contributed by atoms with Crippen LogP contribution in [0.2, 0.25) is 39.3 Å². The molecule has 1 aliphatic rings. The molecule has 0 N–H and O–H groups in total. The van der Waals surface area contributed by atoms with Gasteiger partial charge in [-0.15, -0.1) is 28.4 Å². The number of hydrogen-bond donors (Lipinski definition) is 0. The third-order valence-electron chi connectivity index (χ3n) is 10.6. The van der Waals surface area contributed by atoms with Gasteiger partial charge < -0.3 is 24.8 Å². The van der Waals surface area contributed by atoms with Crippen LogP contribution in [0.4, 0.5) is 0 Å². The van der Waals surface area contributed by atoms with E-state index in [4.69, 9.17) is 0 Å². The normalized spacial score (nSPS) is 11.3. The Hall–Kier alpha value is -3.56. The maximum atomic E-state index is 3.98. The molecule has 0 aromatic heterocycles. The molecule has 0 nitrogen and oxygen atoms in total. The average molecular weight is 911 g/mol. The maximum absolute atomic E-state index is 3.98. The Balaban J connectivity index is 0.000000268. The van der Waals surface area contributed by atoms with Gasteiger partial charge in [0, 0.05) is 8.07 Å². The molecule has 0 spiro atoms. The van der Waals surface area contributed by atoms with E-state index in [0.717, 1.165) is 19.3 Å². The van der Waals surface area contributed by atoms with Gasteiger partial charge in [-0.05, 0) is 42.5 Å². The zero-order chi connectivity index (χ0) is 39.9. The van der Waals surface area contributed by atoms with Crippen molar-refractivity contribution in [2.45, 2.75) is 72.4 Å². The van der Waals surface area contributed by atoms with Gasteiger partial charge in [0.1, 0.15) is 0 Å². The molecule has 5 heteroatoms. The molecular weight excluding hydrogens is 855 g/mol. The van der Waals surface area contributed by atoms with Crippen LogP contribution in [0.15, 0.2) is 158 Å². The number of rotatable bonds is 8. The molecule has 0 radical (unpaired) electrons. The van der Waals surface area contributed by atoms with Gasteiger partial charge in [-0.2, -0.15) is 18.2 Å². The summed E-state index contributed by atoms with van der Waals surface area (Å²) in [6.07, 6.45) is 3.21. The van der Waals surface area contributed by atoms with Crippen LogP contribution in [0, 0.1) is 19.9 Å². The van der Waals surface area contributed by atoms with Gasteiger partial charge in [0.2, 0.25) is 0 Å². The zero-order valence-electron chi connectivity index (χ0n) is 35.4. The van der Waals surface area contributed by atoms with Gasteiger partial charge >= 0.3 is 112 Å². The van der Waals surface area contributed by atoms with E-state index in [0.29, 0.717) is 0 Å². The molecule has 0 unspecified atom stereocenters. The monoisotopic (exact) mass is 908 g/mol. The van der Waals surface area contributed by atoms with Crippen LogP contribution in [0.25, 0.3) is 33.4 Å². The molecule has 0 heterocycles. The SMILES string of the molecule is Cc1ccccc1-c1[c-]c2c(cc1[Si](C)(C)C)-c1cc([Si](C)(C)C)c(-c3ccccc3C)cc1C2.[Cl-].[Cl-].[Zr+2]=[C](Cc1ccccc1)Cc1ccccc1.c1cc[cH-]c1. The Morgan fingerprint density at radius 2 is 1.00 bits per heavy atom. The first-order valence-corrected chi connectivity index (χ1v) is 28.2. The molecule has 0 bridgehead atoms. The van der Waals surface area contributed by atoms with Crippen molar-refractivity contribution in [2.75, 3.05) is 0 Å². The molecule has 1 aliphatic carbocycles. The second kappa shape index (κ2) is 21.1. The molecule has 0 atom stereocenters. The average Bonchev–Trinajstić information content (AvgIpc) is 3.87. The maximum Gasteiger partial charge on any atom is -0.172 e. The van der Waals surface area contributed by atoms with E-state index in [1.165, 1.54) is 71.9 Å². The fraction of sp³-hybridized carbons (Fsp3) is 0.208. The summed E-state index contributed by atoms with van der Waals surface area (Å²) in [6, 6.07) is 60.7. The number of aryl methyl sites for hydroxylation is 2. The van der Waals surface area contributed by atoms with Crippen molar-refractivity contribution < 1.29 is 49.0 Å². The number of halogens is 2. The van der Waals surface area contributed by atoms with Crippen molar-refractivity contribution in [2.24, 2.45) is 0 Å². The van der Waals surface area contributed by atoms with Crippen molar-refractivity contribution in [3.8, 4) is 33.4 Å². The fourth-order valence-corrected chi connectivity index (χ4v) is 11.8. The third kappa shape index (κ3) is 12.0. The summed E-state index contributed by atoms with van der Waals surface area (Å²) in [6.45, 7) is 19.3. The molecule has 0 saturated heterocycles. The summed E-state index contributed by atoms with van der Waals surface area (Å²) in [7, 11) is -3.16. The summed E-state index contributed by atoms with van der Waals surface area (Å²) in [5, 5.41) is 3.09. The van der Waals surface area contributed by atoms with Gasteiger partial charge in [0.05, 0.1) is 8.07 Å². The van der Waals surface area contributed by atoms with E-state index >= 15 is 0 Å². The molecule has 296 valence electrons. The molecular formula is C53H56Cl2Si2Zr-2. The Morgan fingerprint density at radius 1 is 0.534 bits per heavy atom. The van der Waals surface area contributed by atoms with Crippen LogP contribution in [0.5, 0.6) is 0 Å². The summed E-state index contributed by atoms with van der Waals surface area (Å²) in [5.74, 6) is 0. The topological polar surface area (TPSA) is 0 Å². The molecule has 0 aliphatic heterocycles. The second-order valence-electron chi connectivity index (χ2n) is 17.2. The van der Waals surface area contributed by atoms with Gasteiger partial charge in [-0.3, -0.25) is 0 Å². The first-order valence-electron chi connectivity index (χ1n) is 20.0. The molecule has 58 heavy (non-hydrogen) atoms. The predicted molar refractivity (Wildman–Crippen MR) is 247 cm³/mol. The van der Waals surface area contributed by atoms with E-state index in [9.17, 15) is 0 Å². The smallest absolute Gasteiger partial charge is 0.172 e. The van der Waals surface area contributed by atoms with Crippen molar-refractivity contribution in [1.82, 2.24) is 0 Å². The summed E-state index contributed by atoms with van der Waals surface area (Å²) < 4.78 is 1.60. The predicted octanol–water partition coefficient (Wildman–Crippen LogP) is 6.70. The minimum atomic E-state index is -1.59. The van der Waals surface area contributed by atoms with E-state index in [-0.39, 0.29) is 24.8 Å². The van der Waals surface area contributed by atoms with E-state index in [1.54, 1.807) is 32.6 Å². The van der Waals surface area contributed by atoms with Crippen LogP contribution in [-0.4, -0.2) is 19.4 Å². The standard InChI is InChI=1S/C33H37Si2.C15H14.C5H5.2ClH.Zr/c1-22-13-9-11-15-26(22)30-18-24-17-25-19-31(27-16-12-10-14-23(27)2)33(35(6,7)8)21-29(25)28(24)20-32(30)34(3,4)5;1-3-8-14(9-4-1)12-7-13-15-10-5-2-6-11-15;1-2-4-5-3-1;;;/h9-16,18,20-21H,17H2,1-8H3;1-6,8-11H,12-13H2;1-5H;2*1H;/q-1;;-1;;;+2/p-2. The van der Waals surface area contributed by atoms with Crippen LogP contribution in [0.1, 0.15) is 33.4 Å². The Kier molecular flexibility index (Phi) is 17.1. The van der Waals surface area contributed by atoms with Crippen molar-refractivity contribution in [1.29, 1.82) is 0 Å². The number of benzene rings is 6. The van der Waals surface area contributed by atoms with E-state index < -0.39 is 16.1 Å². The van der Waals surface area contributed by atoms with Gasteiger partial charge in [-0.25, -0.2) is 12.1 Å². The van der Waals surface area contributed by atoms with Crippen LogP contribution >= 0.6 is 0 Å². The summed E-state index contributed by atoms with van der Waals surface area (Å²) >= 11 is 1.55. The van der Waals surface area contributed by atoms with Crippen LogP contribution in [0.3, 0.4) is 0 Å². The summed E-state index contributed by atoms with van der Waals surface area (Å²) in [5.41, 5.74) is 16.7. The fourth-order valence-electron chi connectivity index (χ4n) is 7.64. The minimum Gasteiger partial charge on any atom is -0.214 e. The van der Waals surface area contributed by atoms with Crippen molar-refractivity contribution in [3.63, 3.8) is 0 Å². The van der Waals surface area contributed by atoms with Crippen LogP contribution < -0.4 is 35.2 Å². The first-order chi connectivity index (χ1) is 26.8. The first kappa shape index (κ1) is 47.1. The quantitative estimate of drug-likeness (QED) is 0.118. The molecule has 7 aromatic carbocycles. The van der Waals surface area contributed by atoms with Crippen molar-refractivity contribution in [3.05, 3.63) is 197 Å². The number of hydrogen-bond acceptors (Lipinski definition) is 0. The van der Waals surface area contributed by atoms with E-state index in [2.05, 4.69) is 187 Å². The molecule has 8 rings (SSSR count). The Morgan fingerprint density at radius 3 is 1.47 bits per heavy atom. The molecule has 0 saturated carbocycles. The van der Waals surface area contributed by atoms with Crippen LogP contribution in [-0.2, 0) is 43.5 Å². The van der Waals surface area contributed by atoms with Crippen molar-refractivity contribution >= 4 is 29.7 Å². The van der Waals surface area contributed by atoms with Gasteiger partial charge in [0.15, 0.2) is 0 Å². The minimum absolute atomic E-state index is 0. The molecule has 0 fully saturated rings. The summed E-state index contributed by atoms with van der Waals surface area (Å²) in [4.78, 5) is 0. The second-order valence-corrected chi connectivity index (χ2v) is 29.0. The zero-order valence-corrected chi connectivity index (χ0v) is 41.4. The Bertz CT molecular complexity index is 2220. The van der Waals surface area contributed by atoms with E-state index in [1.807, 2.05) is 30.3 Å². The van der Waals surface area contributed by atoms with Gasteiger partial charge in [-0.1, -0.05) is 127 Å². The van der Waals surface area contributed by atoms with Gasteiger partial charge in [0.25, 0.3) is 0 Å². The third-order valence-corrected chi connectivity index (χ3v) is 15.5. The largest absolute Gasteiger partial charge is 0.214 e.